The molecule has 1 rings (SSSR count). The Morgan fingerprint density at radius 3 is 2.80 bits per heavy atom. The van der Waals surface area contributed by atoms with E-state index >= 15 is 0 Å². The third-order valence-electron chi connectivity index (χ3n) is 2.31. The molecule has 1 aromatic heterocycles. The first-order chi connectivity index (χ1) is 7.15. The second-order valence-electron chi connectivity index (χ2n) is 3.96. The third-order valence-corrected chi connectivity index (χ3v) is 2.31. The van der Waals surface area contributed by atoms with Crippen molar-refractivity contribution in [2.45, 2.75) is 33.7 Å². The molecule has 1 aromatic rings. The molecule has 0 fully saturated rings. The van der Waals surface area contributed by atoms with E-state index in [1.165, 1.54) is 11.1 Å². The van der Waals surface area contributed by atoms with Crippen LogP contribution in [0.3, 0.4) is 0 Å². The molecule has 0 aromatic carbocycles. The Kier molecular flexibility index (Phi) is 4.50. The molecule has 0 radical (unpaired) electrons. The molecule has 0 bridgehead atoms. The molecule has 2 heteroatoms. The van der Waals surface area contributed by atoms with Crippen molar-refractivity contribution >= 4 is 0 Å². The highest BCUT2D eigenvalue weighted by Gasteiger charge is 2.09. The van der Waals surface area contributed by atoms with E-state index in [4.69, 9.17) is 0 Å². The van der Waals surface area contributed by atoms with Crippen LogP contribution in [0.4, 0.5) is 0 Å². The maximum atomic E-state index is 4.32. The fourth-order valence-corrected chi connectivity index (χ4v) is 1.64. The van der Waals surface area contributed by atoms with Gasteiger partial charge in [0.1, 0.15) is 0 Å². The maximum Gasteiger partial charge on any atom is 0.0526 e. The molecule has 1 atom stereocenters. The summed E-state index contributed by atoms with van der Waals surface area (Å²) in [6, 6.07) is 4.41. The second kappa shape index (κ2) is 5.66. The van der Waals surface area contributed by atoms with Gasteiger partial charge < -0.3 is 5.32 Å². The van der Waals surface area contributed by atoms with E-state index in [1.54, 1.807) is 0 Å². The van der Waals surface area contributed by atoms with E-state index in [0.717, 1.165) is 12.2 Å². The molecule has 0 aliphatic rings. The Morgan fingerprint density at radius 1 is 1.53 bits per heavy atom. The van der Waals surface area contributed by atoms with Gasteiger partial charge in [-0.05, 0) is 38.9 Å². The predicted octanol–water partition coefficient (Wildman–Crippen LogP) is 3.01. The van der Waals surface area contributed by atoms with E-state index in [1.807, 2.05) is 12.3 Å². The molecule has 15 heavy (non-hydrogen) atoms. The summed E-state index contributed by atoms with van der Waals surface area (Å²) in [5.74, 6) is 0. The highest BCUT2D eigenvalue weighted by Crippen LogP contribution is 2.18. The summed E-state index contributed by atoms with van der Waals surface area (Å²) in [4.78, 5) is 4.32. The first-order valence-electron chi connectivity index (χ1n) is 5.45. The summed E-state index contributed by atoms with van der Waals surface area (Å²) in [5.41, 5.74) is 3.69. The quantitative estimate of drug-likeness (QED) is 0.763. The zero-order valence-electron chi connectivity index (χ0n) is 10.0. The standard InChI is InChI=1S/C13H20N2/c1-5-14-13(9-10(2)3)12-7-6-8-15-11(12)4/h6-9,13-14H,5H2,1-4H3. The molecule has 0 spiro atoms. The number of pyridine rings is 1. The van der Waals surface area contributed by atoms with Gasteiger partial charge >= 0.3 is 0 Å². The predicted molar refractivity (Wildman–Crippen MR) is 64.8 cm³/mol. The average molecular weight is 204 g/mol. The summed E-state index contributed by atoms with van der Waals surface area (Å²) in [6.45, 7) is 9.38. The van der Waals surface area contributed by atoms with Gasteiger partial charge in [0.05, 0.1) is 6.04 Å². The molecule has 0 aliphatic heterocycles. The van der Waals surface area contributed by atoms with Gasteiger partial charge in [0.25, 0.3) is 0 Å². The van der Waals surface area contributed by atoms with Crippen molar-refractivity contribution in [3.63, 3.8) is 0 Å². The van der Waals surface area contributed by atoms with Crippen LogP contribution in [0.25, 0.3) is 0 Å². The minimum absolute atomic E-state index is 0.286. The van der Waals surface area contributed by atoms with E-state index in [2.05, 4.69) is 50.1 Å². The van der Waals surface area contributed by atoms with Gasteiger partial charge in [0, 0.05) is 11.9 Å². The molecular weight excluding hydrogens is 184 g/mol. The second-order valence-corrected chi connectivity index (χ2v) is 3.96. The van der Waals surface area contributed by atoms with Crippen molar-refractivity contribution in [2.24, 2.45) is 0 Å². The van der Waals surface area contributed by atoms with Crippen molar-refractivity contribution < 1.29 is 0 Å². The lowest BCUT2D eigenvalue weighted by Gasteiger charge is -2.16. The van der Waals surface area contributed by atoms with Crippen LogP contribution >= 0.6 is 0 Å². The number of aromatic nitrogens is 1. The summed E-state index contributed by atoms with van der Waals surface area (Å²) in [5, 5.41) is 3.45. The van der Waals surface area contributed by atoms with Crippen LogP contribution in [-0.2, 0) is 0 Å². The molecule has 0 aliphatic carbocycles. The summed E-state index contributed by atoms with van der Waals surface area (Å²) >= 11 is 0. The van der Waals surface area contributed by atoms with Crippen molar-refractivity contribution in [1.82, 2.24) is 10.3 Å². The monoisotopic (exact) mass is 204 g/mol. The Morgan fingerprint density at radius 2 is 2.27 bits per heavy atom. The summed E-state index contributed by atoms with van der Waals surface area (Å²) < 4.78 is 0. The lowest BCUT2D eigenvalue weighted by atomic mass is 10.0. The minimum Gasteiger partial charge on any atom is -0.307 e. The van der Waals surface area contributed by atoms with E-state index in [9.17, 15) is 0 Å². The van der Waals surface area contributed by atoms with Crippen LogP contribution in [-0.4, -0.2) is 11.5 Å². The molecule has 1 heterocycles. The fraction of sp³-hybridized carbons (Fsp3) is 0.462. The first kappa shape index (κ1) is 11.9. The van der Waals surface area contributed by atoms with Crippen LogP contribution in [0.1, 0.15) is 38.1 Å². The fourth-order valence-electron chi connectivity index (χ4n) is 1.64. The van der Waals surface area contributed by atoms with Gasteiger partial charge in [0.2, 0.25) is 0 Å². The molecule has 1 N–H and O–H groups in total. The maximum absolute atomic E-state index is 4.32. The molecule has 0 amide bonds. The number of rotatable bonds is 4. The van der Waals surface area contributed by atoms with Gasteiger partial charge in [-0.2, -0.15) is 0 Å². The topological polar surface area (TPSA) is 24.9 Å². The number of nitrogens with zero attached hydrogens (tertiary/aromatic N) is 1. The average Bonchev–Trinajstić information content (AvgIpc) is 2.17. The van der Waals surface area contributed by atoms with Crippen LogP contribution in [0.2, 0.25) is 0 Å². The van der Waals surface area contributed by atoms with Crippen molar-refractivity contribution in [1.29, 1.82) is 0 Å². The molecular formula is C13H20N2. The molecule has 0 saturated carbocycles. The molecule has 2 nitrogen and oxygen atoms in total. The Hall–Kier alpha value is -1.15. The molecule has 1 unspecified atom stereocenters. The van der Waals surface area contributed by atoms with Crippen molar-refractivity contribution in [2.75, 3.05) is 6.54 Å². The smallest absolute Gasteiger partial charge is 0.0526 e. The first-order valence-corrected chi connectivity index (χ1v) is 5.45. The van der Waals surface area contributed by atoms with Crippen LogP contribution in [0.5, 0.6) is 0 Å². The Labute approximate surface area is 92.4 Å². The lowest BCUT2D eigenvalue weighted by Crippen LogP contribution is -2.20. The van der Waals surface area contributed by atoms with E-state index < -0.39 is 0 Å². The zero-order chi connectivity index (χ0) is 11.3. The lowest BCUT2D eigenvalue weighted by molar-refractivity contribution is 0.638. The van der Waals surface area contributed by atoms with Gasteiger partial charge in [-0.25, -0.2) is 0 Å². The van der Waals surface area contributed by atoms with E-state index in [0.29, 0.717) is 0 Å². The zero-order valence-corrected chi connectivity index (χ0v) is 10.0. The van der Waals surface area contributed by atoms with Gasteiger partial charge in [-0.15, -0.1) is 0 Å². The van der Waals surface area contributed by atoms with Crippen molar-refractivity contribution in [3.8, 4) is 0 Å². The number of aryl methyl sites for hydroxylation is 1. The van der Waals surface area contributed by atoms with Gasteiger partial charge in [-0.1, -0.05) is 24.6 Å². The normalized spacial score (nSPS) is 12.3. The summed E-state index contributed by atoms with van der Waals surface area (Å²) in [6.07, 6.45) is 4.08. The highest BCUT2D eigenvalue weighted by atomic mass is 14.9. The SMILES string of the molecule is CCNC(C=C(C)C)c1cccnc1C. The Balaban J connectivity index is 2.99. The van der Waals surface area contributed by atoms with Crippen LogP contribution in [0.15, 0.2) is 30.0 Å². The number of allylic oxidation sites excluding steroid dienone is 1. The van der Waals surface area contributed by atoms with Crippen molar-refractivity contribution in [3.05, 3.63) is 41.2 Å². The minimum atomic E-state index is 0.286. The van der Waals surface area contributed by atoms with E-state index in [-0.39, 0.29) is 6.04 Å². The number of hydrogen-bond donors (Lipinski definition) is 1. The van der Waals surface area contributed by atoms with Crippen LogP contribution in [0, 0.1) is 6.92 Å². The summed E-state index contributed by atoms with van der Waals surface area (Å²) in [7, 11) is 0. The number of likely N-dealkylation sites (N-methyl/N-ethyl adjacent to an activating group) is 1. The highest BCUT2D eigenvalue weighted by molar-refractivity contribution is 5.27. The van der Waals surface area contributed by atoms with Gasteiger partial charge in [-0.3, -0.25) is 4.98 Å². The number of nitrogens with one attached hydrogen (secondary N) is 1. The largest absolute Gasteiger partial charge is 0.307 e. The Bertz CT molecular complexity index is 338. The van der Waals surface area contributed by atoms with Crippen LogP contribution < -0.4 is 5.32 Å². The molecule has 0 saturated heterocycles. The third kappa shape index (κ3) is 3.48. The molecule has 82 valence electrons. The number of hydrogen-bond acceptors (Lipinski definition) is 2. The van der Waals surface area contributed by atoms with Gasteiger partial charge in [0.15, 0.2) is 0 Å².